The van der Waals surface area contributed by atoms with Gasteiger partial charge in [0.05, 0.1) is 0 Å². The maximum Gasteiger partial charge on any atom is 0.165 e. The molecule has 1 atom stereocenters. The van der Waals surface area contributed by atoms with Crippen LogP contribution in [0.1, 0.15) is 67.8 Å². The predicted molar refractivity (Wildman–Crippen MR) is 80.4 cm³/mol. The van der Waals surface area contributed by atoms with Gasteiger partial charge in [-0.1, -0.05) is 32.1 Å². The number of ether oxygens (including phenoxy) is 1. The largest absolute Gasteiger partial charge is 0.490 e. The van der Waals surface area contributed by atoms with Crippen molar-refractivity contribution in [3.05, 3.63) is 29.3 Å². The first kappa shape index (κ1) is 13.7. The highest BCUT2D eigenvalue weighted by Crippen LogP contribution is 2.31. The van der Waals surface area contributed by atoms with Gasteiger partial charge in [0.15, 0.2) is 5.78 Å². The molecule has 0 N–H and O–H groups in total. The fourth-order valence-electron chi connectivity index (χ4n) is 3.53. The van der Waals surface area contributed by atoms with Crippen molar-refractivity contribution >= 4 is 5.78 Å². The van der Waals surface area contributed by atoms with E-state index in [1.165, 1.54) is 37.7 Å². The molecular formula is C18H24O2. The van der Waals surface area contributed by atoms with Gasteiger partial charge in [-0.25, -0.2) is 0 Å². The molecule has 1 fully saturated rings. The van der Waals surface area contributed by atoms with Gasteiger partial charge < -0.3 is 4.74 Å². The van der Waals surface area contributed by atoms with E-state index in [-0.39, 0.29) is 12.0 Å². The van der Waals surface area contributed by atoms with Gasteiger partial charge in [-0.05, 0) is 43.5 Å². The lowest BCUT2D eigenvalue weighted by Gasteiger charge is -2.18. The Bertz CT molecular complexity index is 484. The number of Topliss-reactive ketones (excluding diaryl/α,β-unsaturated/α-hetero) is 1. The first-order chi connectivity index (χ1) is 9.74. The van der Waals surface area contributed by atoms with Crippen molar-refractivity contribution in [2.75, 3.05) is 0 Å². The van der Waals surface area contributed by atoms with Crippen LogP contribution < -0.4 is 4.74 Å². The molecule has 1 unspecified atom stereocenters. The molecule has 1 aromatic rings. The maximum absolute atomic E-state index is 12.7. The summed E-state index contributed by atoms with van der Waals surface area (Å²) in [5.41, 5.74) is 2.10. The number of fused-ring (bicyclic) bond motifs is 1. The average molecular weight is 272 g/mol. The van der Waals surface area contributed by atoms with Crippen LogP contribution in [0.15, 0.2) is 18.2 Å². The second kappa shape index (κ2) is 5.99. The first-order valence-corrected chi connectivity index (χ1v) is 8.08. The van der Waals surface area contributed by atoms with Crippen molar-refractivity contribution in [3.63, 3.8) is 0 Å². The Morgan fingerprint density at radius 3 is 2.55 bits per heavy atom. The molecule has 108 valence electrons. The smallest absolute Gasteiger partial charge is 0.165 e. The van der Waals surface area contributed by atoms with Gasteiger partial charge in [-0.15, -0.1) is 0 Å². The van der Waals surface area contributed by atoms with Gasteiger partial charge in [-0.2, -0.15) is 0 Å². The molecule has 1 heterocycles. The highest BCUT2D eigenvalue weighted by molar-refractivity contribution is 5.98. The Kier molecular flexibility index (Phi) is 4.09. The van der Waals surface area contributed by atoms with Crippen molar-refractivity contribution in [2.45, 2.75) is 64.4 Å². The average Bonchev–Trinajstić information content (AvgIpc) is 2.76. The van der Waals surface area contributed by atoms with E-state index in [9.17, 15) is 4.79 Å². The molecule has 2 aliphatic rings. The van der Waals surface area contributed by atoms with Gasteiger partial charge in [-0.3, -0.25) is 4.79 Å². The molecule has 0 radical (unpaired) electrons. The van der Waals surface area contributed by atoms with E-state index in [1.807, 2.05) is 12.1 Å². The molecule has 1 aromatic carbocycles. The minimum Gasteiger partial charge on any atom is -0.490 e. The lowest BCUT2D eigenvalue weighted by Crippen LogP contribution is -2.16. The number of ketones is 1. The number of carbonyl (C=O) groups excluding carboxylic acids is 1. The Hall–Kier alpha value is -1.31. The van der Waals surface area contributed by atoms with Gasteiger partial charge in [0.1, 0.15) is 11.9 Å². The molecule has 0 bridgehead atoms. The Morgan fingerprint density at radius 2 is 1.80 bits per heavy atom. The predicted octanol–water partition coefficient (Wildman–Crippen LogP) is 4.55. The molecule has 0 amide bonds. The van der Waals surface area contributed by atoms with Gasteiger partial charge in [0, 0.05) is 17.9 Å². The third kappa shape index (κ3) is 2.89. The summed E-state index contributed by atoms with van der Waals surface area (Å²) in [6.45, 7) is 2.08. The number of carbonyl (C=O) groups is 1. The number of hydrogen-bond acceptors (Lipinski definition) is 2. The Labute approximate surface area is 121 Å². The maximum atomic E-state index is 12.7. The van der Waals surface area contributed by atoms with Crippen LogP contribution >= 0.6 is 0 Å². The molecular weight excluding hydrogens is 248 g/mol. The Morgan fingerprint density at radius 1 is 1.10 bits per heavy atom. The van der Waals surface area contributed by atoms with Crippen LogP contribution in [0.5, 0.6) is 5.75 Å². The van der Waals surface area contributed by atoms with E-state index in [2.05, 4.69) is 13.0 Å². The number of benzene rings is 1. The molecule has 1 saturated carbocycles. The van der Waals surface area contributed by atoms with Gasteiger partial charge >= 0.3 is 0 Å². The third-order valence-corrected chi connectivity index (χ3v) is 4.66. The van der Waals surface area contributed by atoms with Crippen LogP contribution in [0.2, 0.25) is 0 Å². The number of rotatable bonds is 2. The van der Waals surface area contributed by atoms with E-state index in [1.54, 1.807) is 0 Å². The van der Waals surface area contributed by atoms with Crippen LogP contribution in [-0.2, 0) is 6.42 Å². The Balaban J connectivity index is 1.75. The zero-order chi connectivity index (χ0) is 13.9. The molecule has 2 nitrogen and oxygen atoms in total. The quantitative estimate of drug-likeness (QED) is 0.738. The van der Waals surface area contributed by atoms with Crippen LogP contribution in [0.3, 0.4) is 0 Å². The topological polar surface area (TPSA) is 26.3 Å². The second-order valence-electron chi connectivity index (χ2n) is 6.36. The summed E-state index contributed by atoms with van der Waals surface area (Å²) in [7, 11) is 0. The summed E-state index contributed by atoms with van der Waals surface area (Å²) < 4.78 is 5.71. The highest BCUT2D eigenvalue weighted by atomic mass is 16.5. The summed E-state index contributed by atoms with van der Waals surface area (Å²) in [5.74, 6) is 1.56. The minimum absolute atomic E-state index is 0.244. The zero-order valence-electron chi connectivity index (χ0n) is 12.4. The van der Waals surface area contributed by atoms with Crippen LogP contribution in [-0.4, -0.2) is 11.9 Å². The normalized spacial score (nSPS) is 23.6. The summed E-state index contributed by atoms with van der Waals surface area (Å²) in [6.07, 6.45) is 9.67. The summed E-state index contributed by atoms with van der Waals surface area (Å²) in [4.78, 5) is 12.7. The van der Waals surface area contributed by atoms with Crippen molar-refractivity contribution < 1.29 is 9.53 Å². The van der Waals surface area contributed by atoms with E-state index in [0.717, 1.165) is 30.6 Å². The molecule has 0 aromatic heterocycles. The van der Waals surface area contributed by atoms with Gasteiger partial charge in [0.25, 0.3) is 0 Å². The van der Waals surface area contributed by atoms with E-state index < -0.39 is 0 Å². The minimum atomic E-state index is 0.244. The van der Waals surface area contributed by atoms with Crippen molar-refractivity contribution in [1.82, 2.24) is 0 Å². The standard InChI is InChI=1S/C18H24O2/c1-13-11-16-12-15(9-10-17(16)20-13)18(19)14-7-5-3-2-4-6-8-14/h9-10,12-14H,2-8,11H2,1H3. The summed E-state index contributed by atoms with van der Waals surface area (Å²) in [6, 6.07) is 6.01. The van der Waals surface area contributed by atoms with Crippen LogP contribution in [0.25, 0.3) is 0 Å². The van der Waals surface area contributed by atoms with E-state index >= 15 is 0 Å². The molecule has 2 heteroatoms. The third-order valence-electron chi connectivity index (χ3n) is 4.66. The number of hydrogen-bond donors (Lipinski definition) is 0. The van der Waals surface area contributed by atoms with Gasteiger partial charge in [0.2, 0.25) is 0 Å². The van der Waals surface area contributed by atoms with Crippen LogP contribution in [0.4, 0.5) is 0 Å². The molecule has 3 rings (SSSR count). The second-order valence-corrected chi connectivity index (χ2v) is 6.36. The summed E-state index contributed by atoms with van der Waals surface area (Å²) in [5, 5.41) is 0. The van der Waals surface area contributed by atoms with Crippen LogP contribution in [0, 0.1) is 5.92 Å². The first-order valence-electron chi connectivity index (χ1n) is 8.08. The van der Waals surface area contributed by atoms with E-state index in [4.69, 9.17) is 4.74 Å². The van der Waals surface area contributed by atoms with Crippen molar-refractivity contribution in [1.29, 1.82) is 0 Å². The molecule has 0 spiro atoms. The van der Waals surface area contributed by atoms with E-state index in [0.29, 0.717) is 5.78 Å². The fourth-order valence-corrected chi connectivity index (χ4v) is 3.53. The fraction of sp³-hybridized carbons (Fsp3) is 0.611. The van der Waals surface area contributed by atoms with Crippen molar-refractivity contribution in [2.24, 2.45) is 5.92 Å². The molecule has 0 saturated heterocycles. The SMILES string of the molecule is CC1Cc2cc(C(=O)C3CCCCCCC3)ccc2O1. The zero-order valence-corrected chi connectivity index (χ0v) is 12.4. The lowest BCUT2D eigenvalue weighted by molar-refractivity contribution is 0.0898. The molecule has 1 aliphatic heterocycles. The van der Waals surface area contributed by atoms with Crippen molar-refractivity contribution in [3.8, 4) is 5.75 Å². The monoisotopic (exact) mass is 272 g/mol. The molecule has 1 aliphatic carbocycles. The lowest BCUT2D eigenvalue weighted by atomic mass is 9.85. The molecule has 20 heavy (non-hydrogen) atoms. The summed E-state index contributed by atoms with van der Waals surface area (Å²) >= 11 is 0. The highest BCUT2D eigenvalue weighted by Gasteiger charge is 2.24.